The van der Waals surface area contributed by atoms with E-state index in [1.807, 2.05) is 0 Å². The van der Waals surface area contributed by atoms with Gasteiger partial charge in [0.1, 0.15) is 5.78 Å². The number of hydrogen-bond acceptors (Lipinski definition) is 3. The van der Waals surface area contributed by atoms with Crippen LogP contribution in [0.4, 0.5) is 0 Å². The number of ketones is 1. The molecule has 2 atom stereocenters. The summed E-state index contributed by atoms with van der Waals surface area (Å²) in [5, 5.41) is 0. The molecule has 0 radical (unpaired) electrons. The fourth-order valence-corrected chi connectivity index (χ4v) is 2.43. The van der Waals surface area contributed by atoms with Gasteiger partial charge in [-0.15, -0.1) is 0 Å². The number of carbonyl (C=O) groups excluding carboxylic acids is 1. The average Bonchev–Trinajstić information content (AvgIpc) is 2.45. The van der Waals surface area contributed by atoms with Crippen molar-refractivity contribution < 1.29 is 9.53 Å². The van der Waals surface area contributed by atoms with Crippen LogP contribution in [0.3, 0.4) is 0 Å². The van der Waals surface area contributed by atoms with Gasteiger partial charge >= 0.3 is 0 Å². The standard InChI is InChI=1S/C11H19NO2/c1-9(13)3-2-6-12-7-10-4-5-11(8-12)14-10/h10-11H,2-8H2,1H3. The summed E-state index contributed by atoms with van der Waals surface area (Å²) in [4.78, 5) is 13.2. The summed E-state index contributed by atoms with van der Waals surface area (Å²) in [6.45, 7) is 4.89. The van der Waals surface area contributed by atoms with E-state index < -0.39 is 0 Å². The summed E-state index contributed by atoms with van der Waals surface area (Å²) in [6.07, 6.45) is 5.15. The van der Waals surface area contributed by atoms with Crippen molar-refractivity contribution in [3.63, 3.8) is 0 Å². The predicted octanol–water partition coefficient (Wildman–Crippen LogP) is 1.22. The largest absolute Gasteiger partial charge is 0.372 e. The van der Waals surface area contributed by atoms with Crippen molar-refractivity contribution in [3.8, 4) is 0 Å². The lowest BCUT2D eigenvalue weighted by molar-refractivity contribution is -0.117. The number of Topliss-reactive ketones (excluding diaryl/α,β-unsaturated/α-hetero) is 1. The van der Waals surface area contributed by atoms with Crippen LogP contribution >= 0.6 is 0 Å². The molecular formula is C11H19NO2. The zero-order chi connectivity index (χ0) is 9.97. The number of fused-ring (bicyclic) bond motifs is 2. The van der Waals surface area contributed by atoms with E-state index in [0.717, 1.165) is 32.5 Å². The molecule has 2 aliphatic rings. The van der Waals surface area contributed by atoms with Crippen LogP contribution in [-0.4, -0.2) is 42.5 Å². The Hall–Kier alpha value is -0.410. The van der Waals surface area contributed by atoms with Crippen molar-refractivity contribution in [3.05, 3.63) is 0 Å². The Labute approximate surface area is 85.4 Å². The topological polar surface area (TPSA) is 29.5 Å². The lowest BCUT2D eigenvalue weighted by Gasteiger charge is -2.31. The molecule has 0 aromatic carbocycles. The molecule has 0 saturated carbocycles. The molecule has 2 unspecified atom stereocenters. The maximum absolute atomic E-state index is 10.8. The Morgan fingerprint density at radius 2 is 2.00 bits per heavy atom. The molecule has 80 valence electrons. The van der Waals surface area contributed by atoms with Crippen molar-refractivity contribution in [2.75, 3.05) is 19.6 Å². The number of morpholine rings is 1. The molecule has 0 aliphatic carbocycles. The van der Waals surface area contributed by atoms with Gasteiger partial charge < -0.3 is 9.53 Å². The highest BCUT2D eigenvalue weighted by atomic mass is 16.5. The fourth-order valence-electron chi connectivity index (χ4n) is 2.43. The van der Waals surface area contributed by atoms with Gasteiger partial charge in [-0.1, -0.05) is 0 Å². The monoisotopic (exact) mass is 197 g/mol. The number of nitrogens with zero attached hydrogens (tertiary/aromatic N) is 1. The van der Waals surface area contributed by atoms with Crippen LogP contribution in [0, 0.1) is 0 Å². The second-order valence-corrected chi connectivity index (χ2v) is 4.52. The van der Waals surface area contributed by atoms with E-state index in [0.29, 0.717) is 18.0 Å². The van der Waals surface area contributed by atoms with E-state index in [2.05, 4.69) is 4.90 Å². The zero-order valence-corrected chi connectivity index (χ0v) is 8.87. The zero-order valence-electron chi connectivity index (χ0n) is 8.87. The highest BCUT2D eigenvalue weighted by Gasteiger charge is 2.33. The van der Waals surface area contributed by atoms with Gasteiger partial charge in [-0.05, 0) is 32.7 Å². The van der Waals surface area contributed by atoms with Gasteiger partial charge in [0.15, 0.2) is 0 Å². The molecule has 2 bridgehead atoms. The van der Waals surface area contributed by atoms with Gasteiger partial charge in [-0.2, -0.15) is 0 Å². The molecule has 2 aliphatic heterocycles. The average molecular weight is 197 g/mol. The van der Waals surface area contributed by atoms with Gasteiger partial charge in [-0.3, -0.25) is 4.90 Å². The van der Waals surface area contributed by atoms with Crippen LogP contribution in [0.15, 0.2) is 0 Å². The third kappa shape index (κ3) is 2.55. The molecule has 2 saturated heterocycles. The van der Waals surface area contributed by atoms with Crippen molar-refractivity contribution >= 4 is 5.78 Å². The molecule has 2 fully saturated rings. The summed E-state index contributed by atoms with van der Waals surface area (Å²) >= 11 is 0. The van der Waals surface area contributed by atoms with Crippen LogP contribution in [-0.2, 0) is 9.53 Å². The minimum atomic E-state index is 0.307. The summed E-state index contributed by atoms with van der Waals surface area (Å²) in [7, 11) is 0. The maximum Gasteiger partial charge on any atom is 0.129 e. The fraction of sp³-hybridized carbons (Fsp3) is 0.909. The molecule has 0 aromatic heterocycles. The van der Waals surface area contributed by atoms with E-state index in [4.69, 9.17) is 4.74 Å². The highest BCUT2D eigenvalue weighted by Crippen LogP contribution is 2.26. The van der Waals surface area contributed by atoms with Crippen LogP contribution in [0.1, 0.15) is 32.6 Å². The van der Waals surface area contributed by atoms with Crippen molar-refractivity contribution in [1.29, 1.82) is 0 Å². The van der Waals surface area contributed by atoms with E-state index in [1.54, 1.807) is 6.92 Å². The van der Waals surface area contributed by atoms with E-state index in [9.17, 15) is 4.79 Å². The lowest BCUT2D eigenvalue weighted by Crippen LogP contribution is -2.42. The molecule has 0 amide bonds. The number of rotatable bonds is 4. The van der Waals surface area contributed by atoms with E-state index in [1.165, 1.54) is 12.8 Å². The van der Waals surface area contributed by atoms with Crippen LogP contribution in [0.5, 0.6) is 0 Å². The van der Waals surface area contributed by atoms with E-state index in [-0.39, 0.29) is 0 Å². The normalized spacial score (nSPS) is 32.1. The minimum Gasteiger partial charge on any atom is -0.372 e. The Morgan fingerprint density at radius 1 is 1.36 bits per heavy atom. The molecule has 2 heterocycles. The number of hydrogen-bond donors (Lipinski definition) is 0. The molecule has 0 N–H and O–H groups in total. The Morgan fingerprint density at radius 3 is 2.57 bits per heavy atom. The Kier molecular flexibility index (Phi) is 3.19. The third-order valence-electron chi connectivity index (χ3n) is 3.12. The highest BCUT2D eigenvalue weighted by molar-refractivity contribution is 5.75. The maximum atomic E-state index is 10.8. The minimum absolute atomic E-state index is 0.307. The van der Waals surface area contributed by atoms with Crippen LogP contribution < -0.4 is 0 Å². The molecule has 14 heavy (non-hydrogen) atoms. The first kappa shape index (κ1) is 10.1. The smallest absolute Gasteiger partial charge is 0.129 e. The SMILES string of the molecule is CC(=O)CCCN1CC2CCC(C1)O2. The second-order valence-electron chi connectivity index (χ2n) is 4.52. The van der Waals surface area contributed by atoms with E-state index >= 15 is 0 Å². The van der Waals surface area contributed by atoms with Crippen LogP contribution in [0.2, 0.25) is 0 Å². The summed E-state index contributed by atoms with van der Waals surface area (Å²) in [5.74, 6) is 0.307. The third-order valence-corrected chi connectivity index (χ3v) is 3.12. The molecule has 3 heteroatoms. The van der Waals surface area contributed by atoms with Gasteiger partial charge in [0, 0.05) is 19.5 Å². The quantitative estimate of drug-likeness (QED) is 0.678. The Balaban J connectivity index is 1.69. The van der Waals surface area contributed by atoms with Crippen molar-refractivity contribution in [2.24, 2.45) is 0 Å². The molecule has 0 aromatic rings. The summed E-state index contributed by atoms with van der Waals surface area (Å²) < 4.78 is 5.75. The van der Waals surface area contributed by atoms with Crippen LogP contribution in [0.25, 0.3) is 0 Å². The number of likely N-dealkylation sites (tertiary alicyclic amines) is 1. The number of ether oxygens (including phenoxy) is 1. The molecule has 0 spiro atoms. The lowest BCUT2D eigenvalue weighted by atomic mass is 10.2. The summed E-state index contributed by atoms with van der Waals surface area (Å²) in [5.41, 5.74) is 0. The Bertz CT molecular complexity index is 205. The molecular weight excluding hydrogens is 178 g/mol. The van der Waals surface area contributed by atoms with Crippen molar-refractivity contribution in [1.82, 2.24) is 4.90 Å². The van der Waals surface area contributed by atoms with Gasteiger partial charge in [0.2, 0.25) is 0 Å². The first-order chi connectivity index (χ1) is 6.74. The molecule has 2 rings (SSSR count). The number of carbonyl (C=O) groups is 1. The van der Waals surface area contributed by atoms with Gasteiger partial charge in [0.05, 0.1) is 12.2 Å². The second kappa shape index (κ2) is 4.41. The molecule has 3 nitrogen and oxygen atoms in total. The van der Waals surface area contributed by atoms with Gasteiger partial charge in [0.25, 0.3) is 0 Å². The first-order valence-electron chi connectivity index (χ1n) is 5.61. The summed E-state index contributed by atoms with van der Waals surface area (Å²) in [6, 6.07) is 0. The first-order valence-corrected chi connectivity index (χ1v) is 5.61. The van der Waals surface area contributed by atoms with Crippen molar-refractivity contribution in [2.45, 2.75) is 44.8 Å². The van der Waals surface area contributed by atoms with Gasteiger partial charge in [-0.25, -0.2) is 0 Å². The predicted molar refractivity (Wildman–Crippen MR) is 54.3 cm³/mol.